The smallest absolute Gasteiger partial charge is 0.276 e. The Kier molecular flexibility index (Phi) is 6.39. The van der Waals surface area contributed by atoms with Crippen molar-refractivity contribution in [3.63, 3.8) is 0 Å². The molecule has 1 aliphatic rings. The van der Waals surface area contributed by atoms with Crippen LogP contribution in [0.15, 0.2) is 42.5 Å². The number of ether oxygens (including phenoxy) is 1. The quantitative estimate of drug-likeness (QED) is 0.547. The molecule has 0 bridgehead atoms. The van der Waals surface area contributed by atoms with Gasteiger partial charge in [0.05, 0.1) is 11.1 Å². The van der Waals surface area contributed by atoms with Crippen molar-refractivity contribution in [2.24, 2.45) is 5.92 Å². The monoisotopic (exact) mass is 423 g/mol. The van der Waals surface area contributed by atoms with Crippen molar-refractivity contribution >= 4 is 23.6 Å². The van der Waals surface area contributed by atoms with Gasteiger partial charge in [-0.2, -0.15) is 0 Å². The number of nitrogens with zero attached hydrogens (tertiary/aromatic N) is 1. The van der Waals surface area contributed by atoms with E-state index in [0.717, 1.165) is 16.0 Å². The topological polar surface area (TPSA) is 105 Å². The molecule has 0 aliphatic carbocycles. The Labute approximate surface area is 180 Å². The Morgan fingerprint density at radius 2 is 1.48 bits per heavy atom. The minimum Gasteiger partial charge on any atom is -0.484 e. The van der Waals surface area contributed by atoms with Crippen LogP contribution >= 0.6 is 0 Å². The highest BCUT2D eigenvalue weighted by atomic mass is 16.5. The third kappa shape index (κ3) is 4.74. The number of fused-ring (bicyclic) bond motifs is 1. The molecule has 0 unspecified atom stereocenters. The molecule has 8 heteroatoms. The summed E-state index contributed by atoms with van der Waals surface area (Å²) in [6.45, 7) is 6.98. The highest BCUT2D eigenvalue weighted by molar-refractivity contribution is 6.22. The van der Waals surface area contributed by atoms with E-state index in [2.05, 4.69) is 10.9 Å². The average molecular weight is 423 g/mol. The average Bonchev–Trinajstić information content (AvgIpc) is 2.95. The maximum absolute atomic E-state index is 12.8. The number of rotatable bonds is 6. The van der Waals surface area contributed by atoms with Gasteiger partial charge >= 0.3 is 0 Å². The van der Waals surface area contributed by atoms with Crippen LogP contribution < -0.4 is 15.6 Å². The number of hydrogen-bond donors (Lipinski definition) is 2. The lowest BCUT2D eigenvalue weighted by Gasteiger charge is -2.28. The second-order valence-corrected chi connectivity index (χ2v) is 7.86. The zero-order valence-corrected chi connectivity index (χ0v) is 17.9. The van der Waals surface area contributed by atoms with Gasteiger partial charge in [-0.15, -0.1) is 0 Å². The summed E-state index contributed by atoms with van der Waals surface area (Å²) in [5, 5.41) is 0. The summed E-state index contributed by atoms with van der Waals surface area (Å²) in [6.07, 6.45) is 0. The molecule has 4 amide bonds. The van der Waals surface area contributed by atoms with E-state index in [1.807, 2.05) is 19.9 Å². The zero-order valence-electron chi connectivity index (χ0n) is 17.9. The number of carbonyl (C=O) groups is 4. The first-order valence-electron chi connectivity index (χ1n) is 9.95. The maximum atomic E-state index is 12.8. The van der Waals surface area contributed by atoms with E-state index >= 15 is 0 Å². The van der Waals surface area contributed by atoms with E-state index in [4.69, 9.17) is 4.74 Å². The van der Waals surface area contributed by atoms with Crippen LogP contribution in [0.2, 0.25) is 0 Å². The van der Waals surface area contributed by atoms with Crippen LogP contribution in [-0.2, 0) is 9.59 Å². The van der Waals surface area contributed by atoms with E-state index in [0.29, 0.717) is 5.75 Å². The molecule has 3 rings (SSSR count). The molecule has 2 aromatic carbocycles. The summed E-state index contributed by atoms with van der Waals surface area (Å²) < 4.78 is 5.46. The number of hydrazine groups is 1. The van der Waals surface area contributed by atoms with Crippen LogP contribution in [0.1, 0.15) is 45.7 Å². The standard InChI is InChI=1S/C23H25N3O5/c1-13(2)20(26-22(29)17-7-5-6-8-18(17)23(26)30)21(28)25-24-19(27)12-31-16-10-14(3)9-15(4)11-16/h5-11,13,20H,12H2,1-4H3,(H,24,27)(H,25,28)/t20-/m0/s1. The molecule has 0 radical (unpaired) electrons. The molecule has 2 aromatic rings. The minimum atomic E-state index is -1.08. The lowest BCUT2D eigenvalue weighted by molar-refractivity contribution is -0.132. The number of benzene rings is 2. The number of imide groups is 1. The van der Waals surface area contributed by atoms with E-state index in [1.54, 1.807) is 50.2 Å². The number of aryl methyl sites for hydroxylation is 2. The van der Waals surface area contributed by atoms with Gasteiger partial charge in [-0.1, -0.05) is 32.0 Å². The number of amides is 4. The molecule has 1 heterocycles. The fourth-order valence-electron chi connectivity index (χ4n) is 3.59. The molecular formula is C23H25N3O5. The summed E-state index contributed by atoms with van der Waals surface area (Å²) in [4.78, 5) is 51.3. The summed E-state index contributed by atoms with van der Waals surface area (Å²) >= 11 is 0. The molecule has 1 aliphatic heterocycles. The third-order valence-electron chi connectivity index (χ3n) is 4.89. The Bertz CT molecular complexity index is 992. The first-order chi connectivity index (χ1) is 14.7. The van der Waals surface area contributed by atoms with Gasteiger partial charge in [0.1, 0.15) is 11.8 Å². The van der Waals surface area contributed by atoms with Crippen molar-refractivity contribution in [2.75, 3.05) is 6.61 Å². The first-order valence-corrected chi connectivity index (χ1v) is 9.95. The van der Waals surface area contributed by atoms with Gasteiger partial charge in [0.2, 0.25) is 0 Å². The van der Waals surface area contributed by atoms with Crippen LogP contribution in [0.4, 0.5) is 0 Å². The number of hydrogen-bond acceptors (Lipinski definition) is 5. The van der Waals surface area contributed by atoms with Gasteiger partial charge in [-0.05, 0) is 55.2 Å². The van der Waals surface area contributed by atoms with Gasteiger partial charge in [-0.25, -0.2) is 0 Å². The Morgan fingerprint density at radius 1 is 0.935 bits per heavy atom. The fraction of sp³-hybridized carbons (Fsp3) is 0.304. The van der Waals surface area contributed by atoms with E-state index < -0.39 is 29.7 Å². The molecule has 0 aromatic heterocycles. The van der Waals surface area contributed by atoms with Gasteiger partial charge in [0.25, 0.3) is 23.6 Å². The van der Waals surface area contributed by atoms with Crippen molar-refractivity contribution < 1.29 is 23.9 Å². The lowest BCUT2D eigenvalue weighted by atomic mass is 10.0. The Balaban J connectivity index is 1.62. The Morgan fingerprint density at radius 3 is 2.00 bits per heavy atom. The highest BCUT2D eigenvalue weighted by Crippen LogP contribution is 2.27. The maximum Gasteiger partial charge on any atom is 0.276 e. The molecule has 162 valence electrons. The second-order valence-electron chi connectivity index (χ2n) is 7.86. The number of carbonyl (C=O) groups excluding carboxylic acids is 4. The van der Waals surface area contributed by atoms with Gasteiger partial charge in [0, 0.05) is 0 Å². The SMILES string of the molecule is Cc1cc(C)cc(OCC(=O)NNC(=O)[C@H](C(C)C)N2C(=O)c3ccccc3C2=O)c1. The van der Waals surface area contributed by atoms with E-state index in [9.17, 15) is 19.2 Å². The molecule has 0 spiro atoms. The molecule has 1 atom stereocenters. The molecular weight excluding hydrogens is 398 g/mol. The predicted molar refractivity (Wildman–Crippen MR) is 113 cm³/mol. The lowest BCUT2D eigenvalue weighted by Crippen LogP contribution is -2.56. The van der Waals surface area contributed by atoms with E-state index in [-0.39, 0.29) is 23.7 Å². The molecule has 31 heavy (non-hydrogen) atoms. The summed E-state index contributed by atoms with van der Waals surface area (Å²) in [7, 11) is 0. The van der Waals surface area contributed by atoms with Crippen molar-refractivity contribution in [1.82, 2.24) is 15.8 Å². The van der Waals surface area contributed by atoms with Gasteiger partial charge in [0.15, 0.2) is 6.61 Å². The van der Waals surface area contributed by atoms with Gasteiger partial charge < -0.3 is 4.74 Å². The summed E-state index contributed by atoms with van der Waals surface area (Å²) in [5.74, 6) is -2.12. The summed E-state index contributed by atoms with van der Waals surface area (Å²) in [6, 6.07) is 10.9. The van der Waals surface area contributed by atoms with E-state index in [1.165, 1.54) is 0 Å². The fourth-order valence-corrected chi connectivity index (χ4v) is 3.59. The van der Waals surface area contributed by atoms with Crippen LogP contribution in [0.3, 0.4) is 0 Å². The van der Waals surface area contributed by atoms with Crippen molar-refractivity contribution in [3.05, 3.63) is 64.7 Å². The van der Waals surface area contributed by atoms with Crippen LogP contribution in [-0.4, -0.2) is 41.2 Å². The largest absolute Gasteiger partial charge is 0.484 e. The predicted octanol–water partition coefficient (Wildman–Crippen LogP) is 2.15. The third-order valence-corrected chi connectivity index (χ3v) is 4.89. The number of nitrogens with one attached hydrogen (secondary N) is 2. The zero-order chi connectivity index (χ0) is 22.7. The normalized spacial score (nSPS) is 13.8. The molecule has 0 saturated carbocycles. The molecule has 2 N–H and O–H groups in total. The highest BCUT2D eigenvalue weighted by Gasteiger charge is 2.43. The van der Waals surface area contributed by atoms with Crippen LogP contribution in [0.5, 0.6) is 5.75 Å². The summed E-state index contributed by atoms with van der Waals surface area (Å²) in [5.41, 5.74) is 7.11. The van der Waals surface area contributed by atoms with Gasteiger partial charge in [-0.3, -0.25) is 34.9 Å². The van der Waals surface area contributed by atoms with Crippen molar-refractivity contribution in [1.29, 1.82) is 0 Å². The molecule has 0 fully saturated rings. The Hall–Kier alpha value is -3.68. The molecule has 0 saturated heterocycles. The van der Waals surface area contributed by atoms with Crippen LogP contribution in [0, 0.1) is 19.8 Å². The second kappa shape index (κ2) is 8.99. The first kappa shape index (κ1) is 22.0. The van der Waals surface area contributed by atoms with Crippen LogP contribution in [0.25, 0.3) is 0 Å². The van der Waals surface area contributed by atoms with Crippen molar-refractivity contribution in [2.45, 2.75) is 33.7 Å². The minimum absolute atomic E-state index is 0.261. The van der Waals surface area contributed by atoms with Crippen molar-refractivity contribution in [3.8, 4) is 5.75 Å². The molecule has 8 nitrogen and oxygen atoms in total.